The smallest absolute Gasteiger partial charge is 0.255 e. The van der Waals surface area contributed by atoms with Crippen LogP contribution < -0.4 is 16.0 Å². The molecule has 2 rings (SSSR count). The average molecular weight is 302 g/mol. The van der Waals surface area contributed by atoms with Gasteiger partial charge in [0.25, 0.3) is 5.91 Å². The predicted molar refractivity (Wildman–Crippen MR) is 76.9 cm³/mol. The monoisotopic (exact) mass is 301 g/mol. The zero-order chi connectivity index (χ0) is 13.7. The van der Waals surface area contributed by atoms with Gasteiger partial charge in [-0.15, -0.1) is 12.4 Å². The van der Waals surface area contributed by atoms with Gasteiger partial charge in [-0.05, 0) is 32.4 Å². The van der Waals surface area contributed by atoms with E-state index < -0.39 is 6.04 Å². The Morgan fingerprint density at radius 2 is 2.35 bits per heavy atom. The van der Waals surface area contributed by atoms with Crippen molar-refractivity contribution in [2.75, 3.05) is 13.1 Å². The first-order valence-electron chi connectivity index (χ1n) is 6.51. The summed E-state index contributed by atoms with van der Waals surface area (Å²) in [5, 5.41) is 8.76. The highest BCUT2D eigenvalue weighted by Crippen LogP contribution is 2.03. The van der Waals surface area contributed by atoms with E-state index in [2.05, 4.69) is 16.0 Å². The molecule has 2 atom stereocenters. The van der Waals surface area contributed by atoms with Crippen LogP contribution in [0.3, 0.4) is 0 Å². The molecule has 2 heterocycles. The molecular weight excluding hydrogens is 282 g/mol. The predicted octanol–water partition coefficient (Wildman–Crippen LogP) is 0.688. The Balaban J connectivity index is 0.00000200. The summed E-state index contributed by atoms with van der Waals surface area (Å²) in [5.41, 5.74) is 0.414. The zero-order valence-corrected chi connectivity index (χ0v) is 12.2. The number of hydrogen-bond donors (Lipinski definition) is 3. The van der Waals surface area contributed by atoms with Crippen molar-refractivity contribution in [3.63, 3.8) is 0 Å². The van der Waals surface area contributed by atoms with E-state index in [1.54, 1.807) is 13.0 Å². The van der Waals surface area contributed by atoms with Gasteiger partial charge < -0.3 is 20.4 Å². The summed E-state index contributed by atoms with van der Waals surface area (Å²) in [7, 11) is 0. The summed E-state index contributed by atoms with van der Waals surface area (Å²) in [6.45, 7) is 3.27. The molecule has 1 aliphatic heterocycles. The lowest BCUT2D eigenvalue weighted by Crippen LogP contribution is -2.47. The van der Waals surface area contributed by atoms with Crippen LogP contribution in [0.5, 0.6) is 0 Å². The van der Waals surface area contributed by atoms with Gasteiger partial charge in [-0.2, -0.15) is 0 Å². The van der Waals surface area contributed by atoms with Crippen molar-refractivity contribution in [2.45, 2.75) is 31.8 Å². The Morgan fingerprint density at radius 1 is 1.55 bits per heavy atom. The molecule has 112 valence electrons. The SMILES string of the molecule is CC(NC(=O)c1ccoc1)C(=O)NCC1CCCN1.Cl. The number of hydrogen-bond acceptors (Lipinski definition) is 4. The Bertz CT molecular complexity index is 430. The highest BCUT2D eigenvalue weighted by molar-refractivity contribution is 5.97. The van der Waals surface area contributed by atoms with Gasteiger partial charge in [-0.25, -0.2) is 0 Å². The lowest BCUT2D eigenvalue weighted by atomic mass is 10.2. The molecule has 20 heavy (non-hydrogen) atoms. The molecule has 2 amide bonds. The molecule has 1 fully saturated rings. The zero-order valence-electron chi connectivity index (χ0n) is 11.3. The highest BCUT2D eigenvalue weighted by Gasteiger charge is 2.19. The van der Waals surface area contributed by atoms with Gasteiger partial charge in [-0.1, -0.05) is 0 Å². The van der Waals surface area contributed by atoms with Crippen LogP contribution in [0, 0.1) is 0 Å². The van der Waals surface area contributed by atoms with E-state index in [4.69, 9.17) is 4.42 Å². The molecule has 0 bridgehead atoms. The molecule has 1 aromatic rings. The lowest BCUT2D eigenvalue weighted by molar-refractivity contribution is -0.122. The van der Waals surface area contributed by atoms with Crippen LogP contribution >= 0.6 is 12.4 Å². The van der Waals surface area contributed by atoms with Crippen molar-refractivity contribution in [2.24, 2.45) is 0 Å². The number of carbonyl (C=O) groups is 2. The number of nitrogens with one attached hydrogen (secondary N) is 3. The summed E-state index contributed by atoms with van der Waals surface area (Å²) in [6, 6.07) is 1.34. The molecule has 0 spiro atoms. The molecule has 1 aromatic heterocycles. The molecule has 1 aliphatic rings. The van der Waals surface area contributed by atoms with Crippen LogP contribution in [0.15, 0.2) is 23.0 Å². The van der Waals surface area contributed by atoms with Crippen LogP contribution in [0.4, 0.5) is 0 Å². The third-order valence-corrected chi connectivity index (χ3v) is 3.21. The van der Waals surface area contributed by atoms with Gasteiger partial charge in [0.1, 0.15) is 12.3 Å². The third kappa shape index (κ3) is 4.54. The number of rotatable bonds is 5. The van der Waals surface area contributed by atoms with E-state index in [9.17, 15) is 9.59 Å². The van der Waals surface area contributed by atoms with Gasteiger partial charge >= 0.3 is 0 Å². The molecule has 0 saturated carbocycles. The van der Waals surface area contributed by atoms with E-state index in [0.29, 0.717) is 18.2 Å². The van der Waals surface area contributed by atoms with Crippen molar-refractivity contribution in [3.8, 4) is 0 Å². The minimum Gasteiger partial charge on any atom is -0.472 e. The second kappa shape index (κ2) is 7.91. The fourth-order valence-corrected chi connectivity index (χ4v) is 2.05. The van der Waals surface area contributed by atoms with Crippen LogP contribution in [-0.4, -0.2) is 37.0 Å². The maximum Gasteiger partial charge on any atom is 0.255 e. The molecular formula is C13H20ClN3O3. The second-order valence-electron chi connectivity index (χ2n) is 4.75. The second-order valence-corrected chi connectivity index (χ2v) is 4.75. The summed E-state index contributed by atoms with van der Waals surface area (Å²) >= 11 is 0. The summed E-state index contributed by atoms with van der Waals surface area (Å²) < 4.78 is 4.82. The number of carbonyl (C=O) groups excluding carboxylic acids is 2. The Kier molecular flexibility index (Phi) is 6.54. The van der Waals surface area contributed by atoms with Gasteiger partial charge in [0.15, 0.2) is 0 Å². The minimum atomic E-state index is -0.566. The molecule has 2 unspecified atom stereocenters. The van der Waals surface area contributed by atoms with Crippen molar-refractivity contribution in [1.29, 1.82) is 0 Å². The first-order valence-corrected chi connectivity index (χ1v) is 6.51. The highest BCUT2D eigenvalue weighted by atomic mass is 35.5. The van der Waals surface area contributed by atoms with E-state index in [0.717, 1.165) is 19.4 Å². The van der Waals surface area contributed by atoms with E-state index in [1.165, 1.54) is 12.5 Å². The molecule has 7 heteroatoms. The lowest BCUT2D eigenvalue weighted by Gasteiger charge is -2.16. The summed E-state index contributed by atoms with van der Waals surface area (Å²) in [5.74, 6) is -0.485. The first-order chi connectivity index (χ1) is 9.16. The molecule has 6 nitrogen and oxygen atoms in total. The van der Waals surface area contributed by atoms with Crippen LogP contribution in [0.1, 0.15) is 30.1 Å². The normalized spacial score (nSPS) is 18.9. The quantitative estimate of drug-likeness (QED) is 0.747. The number of amides is 2. The number of halogens is 1. The maximum atomic E-state index is 11.8. The van der Waals surface area contributed by atoms with Gasteiger partial charge in [-0.3, -0.25) is 9.59 Å². The fourth-order valence-electron chi connectivity index (χ4n) is 2.05. The summed E-state index contributed by atoms with van der Waals surface area (Å²) in [6.07, 6.45) is 5.00. The minimum absolute atomic E-state index is 0. The molecule has 0 aliphatic carbocycles. The van der Waals surface area contributed by atoms with Crippen molar-refractivity contribution in [1.82, 2.24) is 16.0 Å². The maximum absolute atomic E-state index is 11.8. The molecule has 0 radical (unpaired) electrons. The van der Waals surface area contributed by atoms with E-state index in [-0.39, 0.29) is 24.2 Å². The van der Waals surface area contributed by atoms with Gasteiger partial charge in [0.2, 0.25) is 5.91 Å². The molecule has 0 aromatic carbocycles. The van der Waals surface area contributed by atoms with Crippen LogP contribution in [0.25, 0.3) is 0 Å². The average Bonchev–Trinajstić information content (AvgIpc) is 3.08. The van der Waals surface area contributed by atoms with Crippen LogP contribution in [-0.2, 0) is 4.79 Å². The molecule has 3 N–H and O–H groups in total. The topological polar surface area (TPSA) is 83.4 Å². The van der Waals surface area contributed by atoms with Crippen molar-refractivity contribution in [3.05, 3.63) is 24.2 Å². The Labute approximate surface area is 124 Å². The third-order valence-electron chi connectivity index (χ3n) is 3.21. The van der Waals surface area contributed by atoms with Crippen molar-refractivity contribution < 1.29 is 14.0 Å². The first kappa shape index (κ1) is 16.5. The van der Waals surface area contributed by atoms with Crippen LogP contribution in [0.2, 0.25) is 0 Å². The van der Waals surface area contributed by atoms with E-state index in [1.807, 2.05) is 0 Å². The largest absolute Gasteiger partial charge is 0.472 e. The molecule has 1 saturated heterocycles. The van der Waals surface area contributed by atoms with Gasteiger partial charge in [0.05, 0.1) is 11.8 Å². The fraction of sp³-hybridized carbons (Fsp3) is 0.538. The number of furan rings is 1. The standard InChI is InChI=1S/C13H19N3O3.ClH/c1-9(16-13(18)10-4-6-19-8-10)12(17)15-7-11-3-2-5-14-11;/h4,6,8-9,11,14H,2-3,5,7H2,1H3,(H,15,17)(H,16,18);1H. The Morgan fingerprint density at radius 3 is 2.95 bits per heavy atom. The Hall–Kier alpha value is -1.53. The van der Waals surface area contributed by atoms with E-state index >= 15 is 0 Å². The van der Waals surface area contributed by atoms with Gasteiger partial charge in [0, 0.05) is 12.6 Å². The summed E-state index contributed by atoms with van der Waals surface area (Å²) in [4.78, 5) is 23.5. The van der Waals surface area contributed by atoms with Crippen molar-refractivity contribution >= 4 is 24.2 Å².